The normalized spacial score (nSPS) is 17.4. The summed E-state index contributed by atoms with van der Waals surface area (Å²) in [6.07, 6.45) is 0.397. The Labute approximate surface area is 194 Å². The smallest absolute Gasteiger partial charge is 0.258 e. The Bertz CT molecular complexity index is 1210. The first kappa shape index (κ1) is 22.7. The summed E-state index contributed by atoms with van der Waals surface area (Å²) >= 11 is 6.01. The molecule has 0 radical (unpaired) electrons. The molecule has 8 heteroatoms. The Balaban J connectivity index is 1.79. The molecule has 2 unspecified atom stereocenters. The van der Waals surface area contributed by atoms with Gasteiger partial charge in [-0.3, -0.25) is 9.59 Å². The van der Waals surface area contributed by atoms with E-state index in [2.05, 4.69) is 0 Å². The van der Waals surface area contributed by atoms with Gasteiger partial charge in [0.1, 0.15) is 0 Å². The zero-order valence-corrected chi connectivity index (χ0v) is 18.7. The Morgan fingerprint density at radius 2 is 1.67 bits per heavy atom. The van der Waals surface area contributed by atoms with Gasteiger partial charge in [0.25, 0.3) is 5.91 Å². The van der Waals surface area contributed by atoms with Gasteiger partial charge in [0.2, 0.25) is 5.91 Å². The van der Waals surface area contributed by atoms with Crippen molar-refractivity contribution in [2.24, 2.45) is 0 Å². The first-order valence-electron chi connectivity index (χ1n) is 10.3. The third kappa shape index (κ3) is 4.16. The fourth-order valence-corrected chi connectivity index (χ4v) is 4.47. The summed E-state index contributed by atoms with van der Waals surface area (Å²) in [4.78, 5) is 29.1. The van der Waals surface area contributed by atoms with Crippen LogP contribution in [0.25, 0.3) is 0 Å². The van der Waals surface area contributed by atoms with Gasteiger partial charge in [-0.1, -0.05) is 29.8 Å². The van der Waals surface area contributed by atoms with Crippen molar-refractivity contribution >= 4 is 34.8 Å². The number of carbonyl (C=O) groups excluding carboxylic acids is 2. The van der Waals surface area contributed by atoms with Gasteiger partial charge in [0.05, 0.1) is 6.04 Å². The highest BCUT2D eigenvalue weighted by molar-refractivity contribution is 6.30. The van der Waals surface area contributed by atoms with Crippen LogP contribution < -0.4 is 9.80 Å². The van der Waals surface area contributed by atoms with Crippen LogP contribution in [0.2, 0.25) is 5.02 Å². The first-order valence-corrected chi connectivity index (χ1v) is 10.7. The molecule has 3 aromatic rings. The van der Waals surface area contributed by atoms with Crippen molar-refractivity contribution in [2.75, 3.05) is 9.80 Å². The summed E-state index contributed by atoms with van der Waals surface area (Å²) in [6.45, 7) is 3.29. The van der Waals surface area contributed by atoms with Crippen LogP contribution in [-0.4, -0.2) is 23.0 Å². The highest BCUT2D eigenvalue weighted by Gasteiger charge is 2.38. The number of carbonyl (C=O) groups is 2. The highest BCUT2D eigenvalue weighted by Crippen LogP contribution is 2.43. The number of phenols is 1. The summed E-state index contributed by atoms with van der Waals surface area (Å²) in [7, 11) is 0. The molecule has 0 aromatic heterocycles. The largest absolute Gasteiger partial charge is 0.503 e. The quantitative estimate of drug-likeness (QED) is 0.521. The van der Waals surface area contributed by atoms with E-state index < -0.39 is 29.3 Å². The van der Waals surface area contributed by atoms with E-state index in [0.717, 1.165) is 17.7 Å². The molecule has 170 valence electrons. The van der Waals surface area contributed by atoms with E-state index in [9.17, 15) is 23.5 Å². The number of hydrogen-bond acceptors (Lipinski definition) is 3. The van der Waals surface area contributed by atoms with Crippen molar-refractivity contribution < 1.29 is 23.5 Å². The third-order valence-corrected chi connectivity index (χ3v) is 6.05. The van der Waals surface area contributed by atoms with Crippen molar-refractivity contribution in [1.82, 2.24) is 0 Å². The molecule has 0 bridgehead atoms. The standard InChI is InChI=1S/C25H21ClF2N2O3/c1-14-11-23(30(15(2)31)18-9-7-17(26)8-10-18)19-5-3-4-6-22(19)29(14)25(33)16-12-20(27)24(32)21(28)13-16/h3-10,12-14,23,32H,11H2,1-2H3. The fourth-order valence-electron chi connectivity index (χ4n) is 4.35. The molecule has 0 saturated carbocycles. The monoisotopic (exact) mass is 470 g/mol. The number of hydrogen-bond donors (Lipinski definition) is 1. The second kappa shape index (κ2) is 8.83. The van der Waals surface area contributed by atoms with E-state index in [1.807, 2.05) is 19.1 Å². The first-order chi connectivity index (χ1) is 15.7. The maximum absolute atomic E-state index is 13.9. The Hall–Kier alpha value is -3.45. The topological polar surface area (TPSA) is 60.9 Å². The number of para-hydroxylation sites is 1. The second-order valence-electron chi connectivity index (χ2n) is 7.99. The van der Waals surface area contributed by atoms with Crippen LogP contribution in [0.5, 0.6) is 5.75 Å². The van der Waals surface area contributed by atoms with Crippen LogP contribution in [0, 0.1) is 11.6 Å². The lowest BCUT2D eigenvalue weighted by Crippen LogP contribution is -2.47. The lowest BCUT2D eigenvalue weighted by Gasteiger charge is -2.43. The van der Waals surface area contributed by atoms with E-state index in [4.69, 9.17) is 11.6 Å². The van der Waals surface area contributed by atoms with Gasteiger partial charge >= 0.3 is 0 Å². The van der Waals surface area contributed by atoms with E-state index in [0.29, 0.717) is 22.8 Å². The minimum atomic E-state index is -1.21. The zero-order chi connectivity index (χ0) is 23.9. The summed E-state index contributed by atoms with van der Waals surface area (Å²) in [5.74, 6) is -4.32. The number of fused-ring (bicyclic) bond motifs is 1. The SMILES string of the molecule is CC(=O)N(c1ccc(Cl)cc1)C1CC(C)N(C(=O)c2cc(F)c(O)c(F)c2)c2ccccc21. The van der Waals surface area contributed by atoms with Crippen LogP contribution in [0.3, 0.4) is 0 Å². The molecule has 0 aliphatic carbocycles. The maximum Gasteiger partial charge on any atom is 0.258 e. The average Bonchev–Trinajstić information content (AvgIpc) is 2.78. The van der Waals surface area contributed by atoms with E-state index >= 15 is 0 Å². The van der Waals surface area contributed by atoms with E-state index in [1.54, 1.807) is 41.3 Å². The number of anilines is 2. The van der Waals surface area contributed by atoms with Crippen molar-refractivity contribution in [2.45, 2.75) is 32.4 Å². The number of phenolic OH excluding ortho intramolecular Hbond substituents is 1. The number of nitrogens with zero attached hydrogens (tertiary/aromatic N) is 2. The lowest BCUT2D eigenvalue weighted by molar-refractivity contribution is -0.117. The van der Waals surface area contributed by atoms with Gasteiger partial charge in [0.15, 0.2) is 17.4 Å². The van der Waals surface area contributed by atoms with Gasteiger partial charge in [-0.25, -0.2) is 8.78 Å². The summed E-state index contributed by atoms with van der Waals surface area (Å²) in [5, 5.41) is 9.93. The van der Waals surface area contributed by atoms with Crippen LogP contribution in [0.1, 0.15) is 42.2 Å². The molecule has 33 heavy (non-hydrogen) atoms. The van der Waals surface area contributed by atoms with Gasteiger partial charge in [0, 0.05) is 34.9 Å². The zero-order valence-electron chi connectivity index (χ0n) is 17.9. The number of rotatable bonds is 3. The molecule has 0 fully saturated rings. The molecule has 2 atom stereocenters. The fraction of sp³-hybridized carbons (Fsp3) is 0.200. The molecule has 0 saturated heterocycles. The van der Waals surface area contributed by atoms with Crippen LogP contribution in [0.15, 0.2) is 60.7 Å². The maximum atomic E-state index is 13.9. The minimum absolute atomic E-state index is 0.174. The number of halogens is 3. The van der Waals surface area contributed by atoms with Gasteiger partial charge in [-0.15, -0.1) is 0 Å². The molecular weight excluding hydrogens is 450 g/mol. The molecule has 5 nitrogen and oxygen atoms in total. The Morgan fingerprint density at radius 3 is 2.27 bits per heavy atom. The van der Waals surface area contributed by atoms with Crippen molar-refractivity contribution in [1.29, 1.82) is 0 Å². The Morgan fingerprint density at radius 1 is 1.06 bits per heavy atom. The summed E-state index contributed by atoms with van der Waals surface area (Å²) < 4.78 is 27.8. The predicted molar refractivity (Wildman–Crippen MR) is 123 cm³/mol. The Kier molecular flexibility index (Phi) is 6.08. The minimum Gasteiger partial charge on any atom is -0.503 e. The highest BCUT2D eigenvalue weighted by atomic mass is 35.5. The van der Waals surface area contributed by atoms with Crippen LogP contribution in [0.4, 0.5) is 20.2 Å². The van der Waals surface area contributed by atoms with E-state index in [1.165, 1.54) is 11.8 Å². The molecule has 1 aliphatic rings. The molecule has 1 N–H and O–H groups in total. The second-order valence-corrected chi connectivity index (χ2v) is 8.42. The molecule has 2 amide bonds. The van der Waals surface area contributed by atoms with Crippen LogP contribution >= 0.6 is 11.6 Å². The molecule has 4 rings (SSSR count). The number of aromatic hydroxyl groups is 1. The van der Waals surface area contributed by atoms with Gasteiger partial charge in [-0.2, -0.15) is 0 Å². The summed E-state index contributed by atoms with van der Waals surface area (Å²) in [6, 6.07) is 14.9. The summed E-state index contributed by atoms with van der Waals surface area (Å²) in [5.41, 5.74) is 1.72. The van der Waals surface area contributed by atoms with E-state index in [-0.39, 0.29) is 17.5 Å². The number of amides is 2. The predicted octanol–water partition coefficient (Wildman–Crippen LogP) is 5.86. The third-order valence-electron chi connectivity index (χ3n) is 5.80. The van der Waals surface area contributed by atoms with Gasteiger partial charge < -0.3 is 14.9 Å². The molecule has 0 spiro atoms. The van der Waals surface area contributed by atoms with Gasteiger partial charge in [-0.05, 0) is 61.4 Å². The molecule has 1 heterocycles. The molecular formula is C25H21ClF2N2O3. The van der Waals surface area contributed by atoms with Crippen molar-refractivity contribution in [3.05, 3.63) is 88.4 Å². The molecule has 1 aliphatic heterocycles. The number of benzene rings is 3. The van der Waals surface area contributed by atoms with Crippen molar-refractivity contribution in [3.8, 4) is 5.75 Å². The van der Waals surface area contributed by atoms with Crippen LogP contribution in [-0.2, 0) is 4.79 Å². The molecule has 3 aromatic carbocycles. The lowest BCUT2D eigenvalue weighted by atomic mass is 9.89. The average molecular weight is 471 g/mol. The van der Waals surface area contributed by atoms with Crippen molar-refractivity contribution in [3.63, 3.8) is 0 Å².